The number of hydrogen-bond donors (Lipinski definition) is 1. The molecule has 1 aromatic heterocycles. The van der Waals surface area contributed by atoms with E-state index in [4.69, 9.17) is 15.2 Å². The molecule has 0 aromatic carbocycles. The molecule has 16 heavy (non-hydrogen) atoms. The minimum absolute atomic E-state index is 0.310. The largest absolute Gasteiger partial charge is 0.452 e. The van der Waals surface area contributed by atoms with Crippen LogP contribution in [0.1, 0.15) is 24.4 Å². The van der Waals surface area contributed by atoms with Gasteiger partial charge in [-0.05, 0) is 19.9 Å². The van der Waals surface area contributed by atoms with Gasteiger partial charge in [0.15, 0.2) is 5.75 Å². The third-order valence-corrected chi connectivity index (χ3v) is 4.25. The summed E-state index contributed by atoms with van der Waals surface area (Å²) in [7, 11) is 2.13. The van der Waals surface area contributed by atoms with Crippen molar-refractivity contribution < 1.29 is 9.47 Å². The van der Waals surface area contributed by atoms with E-state index in [1.165, 1.54) is 5.56 Å². The fourth-order valence-electron chi connectivity index (χ4n) is 2.53. The summed E-state index contributed by atoms with van der Waals surface area (Å²) in [6, 6.07) is 0.742. The monoisotopic (exact) mass is 240 g/mol. The van der Waals surface area contributed by atoms with Crippen LogP contribution in [0.4, 0.5) is 0 Å². The van der Waals surface area contributed by atoms with E-state index in [9.17, 15) is 0 Å². The van der Waals surface area contributed by atoms with Gasteiger partial charge in [-0.25, -0.2) is 0 Å². The summed E-state index contributed by atoms with van der Waals surface area (Å²) >= 11 is 1.63. The standard InChI is InChI=1S/C11H16N2O2S/c1-13-4-7(12)2-3-9(13)8-5-16-11-10(8)14-6-15-11/h5,7,9H,2-4,6,12H2,1H3. The lowest BCUT2D eigenvalue weighted by atomic mass is 9.95. The molecule has 88 valence electrons. The molecule has 0 saturated carbocycles. The number of nitrogens with two attached hydrogens (primary N) is 1. The topological polar surface area (TPSA) is 47.7 Å². The number of hydrogen-bond acceptors (Lipinski definition) is 5. The fourth-order valence-corrected chi connectivity index (χ4v) is 3.43. The Hall–Kier alpha value is -0.780. The number of ether oxygens (including phenoxy) is 2. The lowest BCUT2D eigenvalue weighted by Crippen LogP contribution is -2.42. The van der Waals surface area contributed by atoms with Crippen molar-refractivity contribution in [1.29, 1.82) is 0 Å². The van der Waals surface area contributed by atoms with Gasteiger partial charge < -0.3 is 15.2 Å². The molecule has 1 saturated heterocycles. The molecule has 2 aliphatic rings. The summed E-state index contributed by atoms with van der Waals surface area (Å²) in [5.41, 5.74) is 7.23. The van der Waals surface area contributed by atoms with E-state index in [1.807, 2.05) is 0 Å². The van der Waals surface area contributed by atoms with Gasteiger partial charge >= 0.3 is 0 Å². The molecule has 4 nitrogen and oxygen atoms in total. The van der Waals surface area contributed by atoms with Gasteiger partial charge in [-0.2, -0.15) is 0 Å². The highest BCUT2D eigenvalue weighted by Crippen LogP contribution is 2.47. The Morgan fingerprint density at radius 3 is 3.12 bits per heavy atom. The van der Waals surface area contributed by atoms with Crippen LogP contribution in [0.3, 0.4) is 0 Å². The van der Waals surface area contributed by atoms with Gasteiger partial charge in [0.25, 0.3) is 0 Å². The summed E-state index contributed by atoms with van der Waals surface area (Å²) in [6.45, 7) is 1.32. The molecular formula is C11H16N2O2S. The second-order valence-electron chi connectivity index (χ2n) is 4.51. The van der Waals surface area contributed by atoms with Crippen LogP contribution < -0.4 is 15.2 Å². The first kappa shape index (κ1) is 10.4. The van der Waals surface area contributed by atoms with Crippen LogP contribution in [0.15, 0.2) is 5.38 Å². The number of piperidine rings is 1. The third kappa shape index (κ3) is 1.59. The quantitative estimate of drug-likeness (QED) is 0.809. The van der Waals surface area contributed by atoms with Crippen LogP contribution in [0.5, 0.6) is 10.8 Å². The summed E-state index contributed by atoms with van der Waals surface area (Å²) in [5, 5.41) is 3.08. The van der Waals surface area contributed by atoms with Crippen molar-refractivity contribution in [2.24, 2.45) is 5.73 Å². The molecule has 1 aromatic rings. The summed E-state index contributed by atoms with van der Waals surface area (Å²) in [5.74, 6) is 0.956. The van der Waals surface area contributed by atoms with Crippen molar-refractivity contribution in [3.63, 3.8) is 0 Å². The van der Waals surface area contributed by atoms with Crippen LogP contribution in [0, 0.1) is 0 Å². The van der Waals surface area contributed by atoms with Gasteiger partial charge in [0.2, 0.25) is 11.9 Å². The van der Waals surface area contributed by atoms with E-state index in [-0.39, 0.29) is 0 Å². The van der Waals surface area contributed by atoms with Gasteiger partial charge in [-0.1, -0.05) is 0 Å². The maximum atomic E-state index is 5.96. The van der Waals surface area contributed by atoms with Crippen molar-refractivity contribution in [1.82, 2.24) is 4.90 Å². The predicted octanol–water partition coefficient (Wildman–Crippen LogP) is 1.57. The van der Waals surface area contributed by atoms with Gasteiger partial charge in [0.1, 0.15) is 0 Å². The van der Waals surface area contributed by atoms with E-state index < -0.39 is 0 Å². The van der Waals surface area contributed by atoms with Gasteiger partial charge in [0.05, 0.1) is 0 Å². The Kier molecular flexibility index (Phi) is 2.53. The highest BCUT2D eigenvalue weighted by atomic mass is 32.1. The first-order chi connectivity index (χ1) is 7.75. The lowest BCUT2D eigenvalue weighted by molar-refractivity contribution is 0.155. The molecule has 2 aliphatic heterocycles. The third-order valence-electron chi connectivity index (χ3n) is 3.36. The van der Waals surface area contributed by atoms with Crippen molar-refractivity contribution in [2.75, 3.05) is 20.4 Å². The van der Waals surface area contributed by atoms with Crippen molar-refractivity contribution in [2.45, 2.75) is 24.9 Å². The molecule has 5 heteroatoms. The van der Waals surface area contributed by atoms with Gasteiger partial charge in [-0.3, -0.25) is 4.90 Å². The zero-order chi connectivity index (χ0) is 11.1. The number of likely N-dealkylation sites (N-methyl/N-ethyl adjacent to an activating group) is 1. The van der Waals surface area contributed by atoms with E-state index >= 15 is 0 Å². The highest BCUT2D eigenvalue weighted by Gasteiger charge is 2.31. The van der Waals surface area contributed by atoms with Crippen molar-refractivity contribution in [3.05, 3.63) is 10.9 Å². The average molecular weight is 240 g/mol. The Bertz CT molecular complexity index is 393. The average Bonchev–Trinajstić information content (AvgIpc) is 2.80. The number of thiophene rings is 1. The number of nitrogens with zero attached hydrogens (tertiary/aromatic N) is 1. The fraction of sp³-hybridized carbons (Fsp3) is 0.636. The van der Waals surface area contributed by atoms with Crippen molar-refractivity contribution >= 4 is 11.3 Å². The van der Waals surface area contributed by atoms with E-state index in [0.29, 0.717) is 18.9 Å². The normalized spacial score (nSPS) is 29.6. The maximum Gasteiger partial charge on any atom is 0.232 e. The zero-order valence-electron chi connectivity index (χ0n) is 9.31. The number of fused-ring (bicyclic) bond motifs is 1. The van der Waals surface area contributed by atoms with Crippen LogP contribution in [0.2, 0.25) is 0 Å². The molecule has 0 spiro atoms. The van der Waals surface area contributed by atoms with E-state index in [1.54, 1.807) is 11.3 Å². The lowest BCUT2D eigenvalue weighted by Gasteiger charge is -2.35. The number of likely N-dealkylation sites (tertiary alicyclic amines) is 1. The second-order valence-corrected chi connectivity index (χ2v) is 5.35. The van der Waals surface area contributed by atoms with E-state index in [2.05, 4.69) is 17.3 Å². The summed E-state index contributed by atoms with van der Waals surface area (Å²) in [4.78, 5) is 2.32. The molecule has 2 atom stereocenters. The smallest absolute Gasteiger partial charge is 0.232 e. The highest BCUT2D eigenvalue weighted by molar-refractivity contribution is 7.12. The minimum Gasteiger partial charge on any atom is -0.452 e. The SMILES string of the molecule is CN1CC(N)CCC1c1csc2c1OCO2. The van der Waals surface area contributed by atoms with Crippen LogP contribution in [-0.4, -0.2) is 31.3 Å². The summed E-state index contributed by atoms with van der Waals surface area (Å²) < 4.78 is 10.9. The maximum absolute atomic E-state index is 5.96. The molecule has 2 N–H and O–H groups in total. The molecule has 0 bridgehead atoms. The van der Waals surface area contributed by atoms with Crippen LogP contribution >= 0.6 is 11.3 Å². The first-order valence-corrected chi connectivity index (χ1v) is 6.46. The van der Waals surface area contributed by atoms with Gasteiger partial charge in [0, 0.05) is 29.6 Å². The molecule has 1 fully saturated rings. The van der Waals surface area contributed by atoms with E-state index in [0.717, 1.165) is 30.2 Å². The predicted molar refractivity (Wildman–Crippen MR) is 63.0 cm³/mol. The summed E-state index contributed by atoms with van der Waals surface area (Å²) in [6.07, 6.45) is 2.19. The molecular weight excluding hydrogens is 224 g/mol. The Labute approximate surface area is 98.9 Å². The first-order valence-electron chi connectivity index (χ1n) is 5.58. The Morgan fingerprint density at radius 2 is 2.31 bits per heavy atom. The second kappa shape index (κ2) is 3.91. The Balaban J connectivity index is 1.86. The number of rotatable bonds is 1. The molecule has 3 heterocycles. The van der Waals surface area contributed by atoms with Crippen LogP contribution in [0.25, 0.3) is 0 Å². The minimum atomic E-state index is 0.310. The Morgan fingerprint density at radius 1 is 1.44 bits per heavy atom. The zero-order valence-corrected chi connectivity index (χ0v) is 10.1. The van der Waals surface area contributed by atoms with Gasteiger partial charge in [-0.15, -0.1) is 11.3 Å². The molecule has 0 aliphatic carbocycles. The molecule has 0 radical (unpaired) electrons. The van der Waals surface area contributed by atoms with Crippen LogP contribution in [-0.2, 0) is 0 Å². The molecule has 2 unspecified atom stereocenters. The van der Waals surface area contributed by atoms with Crippen molar-refractivity contribution in [3.8, 4) is 10.8 Å². The molecule has 3 rings (SSSR count). The molecule has 0 amide bonds.